The Bertz CT molecular complexity index is 506. The van der Waals surface area contributed by atoms with Crippen molar-refractivity contribution in [2.75, 3.05) is 33.4 Å². The quantitative estimate of drug-likeness (QED) is 0.707. The van der Waals surface area contributed by atoms with Crippen molar-refractivity contribution in [2.24, 2.45) is 0 Å². The van der Waals surface area contributed by atoms with Gasteiger partial charge in [-0.05, 0) is 31.0 Å². The van der Waals surface area contributed by atoms with Crippen LogP contribution in [0, 0.1) is 13.8 Å². The van der Waals surface area contributed by atoms with Gasteiger partial charge in [-0.25, -0.2) is 13.1 Å². The minimum Gasteiger partial charge on any atom is -0.383 e. The zero-order valence-electron chi connectivity index (χ0n) is 12.1. The van der Waals surface area contributed by atoms with Crippen molar-refractivity contribution in [3.63, 3.8) is 0 Å². The van der Waals surface area contributed by atoms with Crippen molar-refractivity contribution in [3.05, 3.63) is 29.3 Å². The highest BCUT2D eigenvalue weighted by Crippen LogP contribution is 2.16. The van der Waals surface area contributed by atoms with Crippen LogP contribution in [0.25, 0.3) is 0 Å². The summed E-state index contributed by atoms with van der Waals surface area (Å²) in [7, 11) is -1.80. The SMILES string of the molecule is COCCNCCNS(=O)(=O)c1cc(C)ccc1C.Cl. The summed E-state index contributed by atoms with van der Waals surface area (Å²) in [5, 5.41) is 3.08. The lowest BCUT2D eigenvalue weighted by Gasteiger charge is -2.10. The van der Waals surface area contributed by atoms with Crippen LogP contribution < -0.4 is 10.0 Å². The predicted octanol–water partition coefficient (Wildman–Crippen LogP) is 1.24. The lowest BCUT2D eigenvalue weighted by Crippen LogP contribution is -2.33. The molecule has 1 aromatic carbocycles. The Morgan fingerprint density at radius 2 is 1.85 bits per heavy atom. The molecule has 1 rings (SSSR count). The molecule has 0 atom stereocenters. The first-order valence-electron chi connectivity index (χ1n) is 6.24. The van der Waals surface area contributed by atoms with Crippen LogP contribution in [0.2, 0.25) is 0 Å². The fraction of sp³-hybridized carbons (Fsp3) is 0.538. The number of halogens is 1. The van der Waals surface area contributed by atoms with Gasteiger partial charge in [-0.2, -0.15) is 0 Å². The molecule has 0 spiro atoms. The summed E-state index contributed by atoms with van der Waals surface area (Å²) in [5.74, 6) is 0. The van der Waals surface area contributed by atoms with Crippen LogP contribution in [0.3, 0.4) is 0 Å². The summed E-state index contributed by atoms with van der Waals surface area (Å²) in [6.45, 7) is 5.94. The van der Waals surface area contributed by atoms with E-state index in [1.54, 1.807) is 20.1 Å². The van der Waals surface area contributed by atoms with Gasteiger partial charge in [0.25, 0.3) is 0 Å². The van der Waals surface area contributed by atoms with Gasteiger partial charge in [-0.3, -0.25) is 0 Å². The molecule has 0 aromatic heterocycles. The summed E-state index contributed by atoms with van der Waals surface area (Å²) in [4.78, 5) is 0.351. The molecule has 0 heterocycles. The molecule has 0 aliphatic carbocycles. The van der Waals surface area contributed by atoms with E-state index in [4.69, 9.17) is 4.74 Å². The van der Waals surface area contributed by atoms with Gasteiger partial charge >= 0.3 is 0 Å². The van der Waals surface area contributed by atoms with E-state index in [2.05, 4.69) is 10.0 Å². The zero-order chi connectivity index (χ0) is 14.3. The van der Waals surface area contributed by atoms with E-state index in [-0.39, 0.29) is 12.4 Å². The van der Waals surface area contributed by atoms with E-state index in [9.17, 15) is 8.42 Å². The highest BCUT2D eigenvalue weighted by Gasteiger charge is 2.15. The maximum atomic E-state index is 12.1. The first kappa shape index (κ1) is 19.3. The van der Waals surface area contributed by atoms with Crippen LogP contribution in [0.15, 0.2) is 23.1 Å². The van der Waals surface area contributed by atoms with Gasteiger partial charge in [0.05, 0.1) is 11.5 Å². The Labute approximate surface area is 127 Å². The molecule has 20 heavy (non-hydrogen) atoms. The fourth-order valence-electron chi connectivity index (χ4n) is 1.65. The number of nitrogens with one attached hydrogen (secondary N) is 2. The third-order valence-electron chi connectivity index (χ3n) is 2.71. The monoisotopic (exact) mass is 322 g/mol. The molecule has 116 valence electrons. The number of methoxy groups -OCH3 is 1. The lowest BCUT2D eigenvalue weighted by molar-refractivity contribution is 0.199. The predicted molar refractivity (Wildman–Crippen MR) is 83.1 cm³/mol. The number of ether oxygens (including phenoxy) is 1. The number of sulfonamides is 1. The Balaban J connectivity index is 0.00000361. The van der Waals surface area contributed by atoms with E-state index in [1.807, 2.05) is 19.1 Å². The average molecular weight is 323 g/mol. The van der Waals surface area contributed by atoms with Gasteiger partial charge < -0.3 is 10.1 Å². The molecule has 7 heteroatoms. The number of hydrogen-bond donors (Lipinski definition) is 2. The molecule has 0 amide bonds. The molecule has 0 radical (unpaired) electrons. The lowest BCUT2D eigenvalue weighted by atomic mass is 10.2. The maximum Gasteiger partial charge on any atom is 0.240 e. The normalized spacial score (nSPS) is 11.2. The van der Waals surface area contributed by atoms with Crippen LogP contribution in [-0.4, -0.2) is 41.8 Å². The first-order valence-corrected chi connectivity index (χ1v) is 7.72. The average Bonchev–Trinajstić information content (AvgIpc) is 2.36. The summed E-state index contributed by atoms with van der Waals surface area (Å²) >= 11 is 0. The highest BCUT2D eigenvalue weighted by molar-refractivity contribution is 7.89. The van der Waals surface area contributed by atoms with E-state index >= 15 is 0 Å². The molecule has 0 unspecified atom stereocenters. The number of rotatable bonds is 8. The van der Waals surface area contributed by atoms with Crippen LogP contribution >= 0.6 is 12.4 Å². The van der Waals surface area contributed by atoms with E-state index in [0.29, 0.717) is 31.1 Å². The van der Waals surface area contributed by atoms with Crippen molar-refractivity contribution in [1.29, 1.82) is 0 Å². The van der Waals surface area contributed by atoms with Crippen molar-refractivity contribution in [2.45, 2.75) is 18.7 Å². The minimum atomic E-state index is -3.43. The molecular formula is C13H23ClN2O3S. The highest BCUT2D eigenvalue weighted by atomic mass is 35.5. The molecule has 0 aliphatic heterocycles. The smallest absolute Gasteiger partial charge is 0.240 e. The van der Waals surface area contributed by atoms with Gasteiger partial charge in [-0.15, -0.1) is 12.4 Å². The Morgan fingerprint density at radius 1 is 1.15 bits per heavy atom. The number of aryl methyl sites for hydroxylation is 2. The van der Waals surface area contributed by atoms with E-state index in [0.717, 1.165) is 11.1 Å². The molecule has 0 saturated carbocycles. The van der Waals surface area contributed by atoms with Gasteiger partial charge in [-0.1, -0.05) is 12.1 Å². The Morgan fingerprint density at radius 3 is 2.50 bits per heavy atom. The summed E-state index contributed by atoms with van der Waals surface area (Å²) < 4.78 is 31.7. The zero-order valence-corrected chi connectivity index (χ0v) is 13.7. The third kappa shape index (κ3) is 6.19. The standard InChI is InChI=1S/C13H22N2O3S.ClH/c1-11-4-5-12(2)13(10-11)19(16,17)15-7-6-14-8-9-18-3;/h4-5,10,14-15H,6-9H2,1-3H3;1H. The molecule has 0 fully saturated rings. The van der Waals surface area contributed by atoms with Crippen molar-refractivity contribution in [1.82, 2.24) is 10.0 Å². The molecular weight excluding hydrogens is 300 g/mol. The summed E-state index contributed by atoms with van der Waals surface area (Å²) in [5.41, 5.74) is 1.69. The number of benzene rings is 1. The molecule has 0 bridgehead atoms. The molecule has 0 saturated heterocycles. The van der Waals surface area contributed by atoms with Crippen molar-refractivity contribution < 1.29 is 13.2 Å². The summed E-state index contributed by atoms with van der Waals surface area (Å²) in [6, 6.07) is 5.41. The van der Waals surface area contributed by atoms with Gasteiger partial charge in [0.1, 0.15) is 0 Å². The Hall–Kier alpha value is -0.660. The third-order valence-corrected chi connectivity index (χ3v) is 4.31. The largest absolute Gasteiger partial charge is 0.383 e. The fourth-order valence-corrected chi connectivity index (χ4v) is 3.01. The molecule has 2 N–H and O–H groups in total. The topological polar surface area (TPSA) is 67.4 Å². The van der Waals surface area contributed by atoms with E-state index in [1.165, 1.54) is 0 Å². The maximum absolute atomic E-state index is 12.1. The van der Waals surface area contributed by atoms with Gasteiger partial charge in [0.2, 0.25) is 10.0 Å². The van der Waals surface area contributed by atoms with Crippen LogP contribution in [-0.2, 0) is 14.8 Å². The van der Waals surface area contributed by atoms with Crippen molar-refractivity contribution >= 4 is 22.4 Å². The van der Waals surface area contributed by atoms with Crippen LogP contribution in [0.4, 0.5) is 0 Å². The van der Waals surface area contributed by atoms with Crippen LogP contribution in [0.5, 0.6) is 0 Å². The Kier molecular flexibility index (Phi) is 9.00. The second-order valence-electron chi connectivity index (χ2n) is 4.41. The first-order chi connectivity index (χ1) is 8.97. The van der Waals surface area contributed by atoms with Crippen molar-refractivity contribution in [3.8, 4) is 0 Å². The second-order valence-corrected chi connectivity index (χ2v) is 6.14. The summed E-state index contributed by atoms with van der Waals surface area (Å²) in [6.07, 6.45) is 0. The van der Waals surface area contributed by atoms with E-state index < -0.39 is 10.0 Å². The minimum absolute atomic E-state index is 0. The van der Waals surface area contributed by atoms with Crippen LogP contribution in [0.1, 0.15) is 11.1 Å². The molecule has 0 aliphatic rings. The number of hydrogen-bond acceptors (Lipinski definition) is 4. The molecule has 1 aromatic rings. The molecule has 5 nitrogen and oxygen atoms in total. The van der Waals surface area contributed by atoms with Gasteiger partial charge in [0.15, 0.2) is 0 Å². The second kappa shape index (κ2) is 9.31. The van der Waals surface area contributed by atoms with Gasteiger partial charge in [0, 0.05) is 26.7 Å².